The van der Waals surface area contributed by atoms with E-state index in [9.17, 15) is 15.2 Å². The Morgan fingerprint density at radius 3 is 2.65 bits per heavy atom. The van der Waals surface area contributed by atoms with Crippen LogP contribution in [0.1, 0.15) is 52.0 Å². The molecule has 0 radical (unpaired) electrons. The number of nitrogens with zero attached hydrogens (tertiary/aromatic N) is 1. The van der Waals surface area contributed by atoms with Crippen molar-refractivity contribution in [3.05, 3.63) is 47.5 Å². The molecule has 4 aliphatic carbocycles. The summed E-state index contributed by atoms with van der Waals surface area (Å²) in [5, 5.41) is 21.6. The lowest BCUT2D eigenvalue weighted by Crippen LogP contribution is -2.62. The van der Waals surface area contributed by atoms with Crippen LogP contribution in [0.5, 0.6) is 0 Å². The molecular weight excluding hydrogens is 386 g/mol. The summed E-state index contributed by atoms with van der Waals surface area (Å²) in [5.41, 5.74) is -0.390. The standard InChI is InChI=1S/C27H33NO3/c1-17(2)23-11-20-12-25(15-28)22-10-9-18(3)21(22)13-26(20,27(23,25)24(29)30)16-31-14-19-7-5-4-6-8-19/h4-8,11,17-18,20-22H,9-10,12-14,16H2,1-3H3,(H,29,30). The van der Waals surface area contributed by atoms with Crippen molar-refractivity contribution in [1.29, 1.82) is 5.26 Å². The van der Waals surface area contributed by atoms with E-state index in [1.165, 1.54) is 0 Å². The van der Waals surface area contributed by atoms with E-state index in [1.807, 2.05) is 30.3 Å². The van der Waals surface area contributed by atoms with Crippen molar-refractivity contribution in [2.24, 2.45) is 45.8 Å². The minimum atomic E-state index is -1.13. The molecule has 0 aromatic heterocycles. The van der Waals surface area contributed by atoms with Gasteiger partial charge in [0.25, 0.3) is 0 Å². The van der Waals surface area contributed by atoms with Crippen LogP contribution in [0.25, 0.3) is 0 Å². The molecular formula is C27H33NO3. The van der Waals surface area contributed by atoms with Gasteiger partial charge < -0.3 is 9.84 Å². The Kier molecular flexibility index (Phi) is 4.65. The average molecular weight is 420 g/mol. The Balaban J connectivity index is 1.62. The van der Waals surface area contributed by atoms with Crippen LogP contribution in [0.3, 0.4) is 0 Å². The van der Waals surface area contributed by atoms with Gasteiger partial charge >= 0.3 is 5.97 Å². The van der Waals surface area contributed by atoms with Crippen molar-refractivity contribution in [3.8, 4) is 6.07 Å². The van der Waals surface area contributed by atoms with Gasteiger partial charge in [0.05, 0.1) is 24.7 Å². The van der Waals surface area contributed by atoms with Crippen LogP contribution in [-0.4, -0.2) is 17.7 Å². The molecule has 4 nitrogen and oxygen atoms in total. The van der Waals surface area contributed by atoms with E-state index < -0.39 is 22.2 Å². The highest BCUT2D eigenvalue weighted by atomic mass is 16.5. The van der Waals surface area contributed by atoms with Crippen molar-refractivity contribution in [2.75, 3.05) is 6.61 Å². The van der Waals surface area contributed by atoms with Gasteiger partial charge in [0, 0.05) is 5.41 Å². The summed E-state index contributed by atoms with van der Waals surface area (Å²) in [6.07, 6.45) is 5.86. The van der Waals surface area contributed by atoms with Crippen LogP contribution in [0.15, 0.2) is 42.0 Å². The quantitative estimate of drug-likeness (QED) is 0.622. The van der Waals surface area contributed by atoms with Crippen LogP contribution in [0.4, 0.5) is 0 Å². The molecule has 164 valence electrons. The van der Waals surface area contributed by atoms with Gasteiger partial charge in [-0.25, -0.2) is 0 Å². The summed E-state index contributed by atoms with van der Waals surface area (Å²) >= 11 is 0. The Bertz CT molecular complexity index is 962. The van der Waals surface area contributed by atoms with Gasteiger partial charge in [-0.15, -0.1) is 0 Å². The molecule has 5 rings (SSSR count). The minimum Gasteiger partial charge on any atom is -0.481 e. The van der Waals surface area contributed by atoms with Gasteiger partial charge in [-0.05, 0) is 54.4 Å². The second-order valence-electron chi connectivity index (χ2n) is 10.9. The predicted octanol–water partition coefficient (Wildman–Crippen LogP) is 5.45. The Morgan fingerprint density at radius 2 is 2.00 bits per heavy atom. The molecule has 4 aliphatic rings. The molecule has 0 aliphatic heterocycles. The van der Waals surface area contributed by atoms with Crippen molar-refractivity contribution in [1.82, 2.24) is 0 Å². The number of carbonyl (C=O) groups is 1. The fourth-order valence-electron chi connectivity index (χ4n) is 8.46. The van der Waals surface area contributed by atoms with Crippen LogP contribution < -0.4 is 0 Å². The maximum absolute atomic E-state index is 13.3. The molecule has 4 bridgehead atoms. The summed E-state index contributed by atoms with van der Waals surface area (Å²) in [5.74, 6) is 0.551. The number of benzene rings is 1. The maximum Gasteiger partial charge on any atom is 0.316 e. The number of aliphatic carboxylic acids is 1. The molecule has 0 heterocycles. The third-order valence-electron chi connectivity index (χ3n) is 9.51. The molecule has 1 aromatic rings. The first-order valence-electron chi connectivity index (χ1n) is 11.8. The maximum atomic E-state index is 13.3. The fraction of sp³-hybridized carbons (Fsp3) is 0.630. The highest BCUT2D eigenvalue weighted by molar-refractivity contribution is 5.85. The molecule has 7 unspecified atom stereocenters. The van der Waals surface area contributed by atoms with Gasteiger partial charge in [-0.1, -0.05) is 69.2 Å². The van der Waals surface area contributed by atoms with E-state index in [0.29, 0.717) is 31.5 Å². The summed E-state index contributed by atoms with van der Waals surface area (Å²) in [6, 6.07) is 12.8. The second-order valence-corrected chi connectivity index (χ2v) is 10.9. The molecule has 31 heavy (non-hydrogen) atoms. The fourth-order valence-corrected chi connectivity index (χ4v) is 8.46. The number of hydrogen-bond donors (Lipinski definition) is 1. The molecule has 1 N–H and O–H groups in total. The molecule has 3 fully saturated rings. The van der Waals surface area contributed by atoms with Gasteiger partial charge in [0.2, 0.25) is 0 Å². The van der Waals surface area contributed by atoms with Crippen LogP contribution >= 0.6 is 0 Å². The average Bonchev–Trinajstić information content (AvgIpc) is 3.32. The number of fused-ring (bicyclic) bond motifs is 2. The van der Waals surface area contributed by atoms with Gasteiger partial charge in [0.1, 0.15) is 5.41 Å². The van der Waals surface area contributed by atoms with E-state index >= 15 is 0 Å². The summed E-state index contributed by atoms with van der Waals surface area (Å²) in [6.45, 7) is 7.36. The first kappa shape index (κ1) is 20.8. The van der Waals surface area contributed by atoms with Gasteiger partial charge in [-0.2, -0.15) is 5.26 Å². The number of carboxylic acid groups (broad SMARTS) is 1. The number of rotatable bonds is 6. The van der Waals surface area contributed by atoms with E-state index in [-0.39, 0.29) is 17.8 Å². The normalized spacial score (nSPS) is 42.4. The summed E-state index contributed by atoms with van der Waals surface area (Å²) in [4.78, 5) is 13.3. The van der Waals surface area contributed by atoms with E-state index in [2.05, 4.69) is 32.9 Å². The Labute approximate surface area is 185 Å². The van der Waals surface area contributed by atoms with Crippen LogP contribution in [0, 0.1) is 57.2 Å². The smallest absolute Gasteiger partial charge is 0.316 e. The molecule has 1 aromatic carbocycles. The third-order valence-corrected chi connectivity index (χ3v) is 9.51. The van der Waals surface area contributed by atoms with E-state index in [0.717, 1.165) is 30.4 Å². The molecule has 0 amide bonds. The Hall–Kier alpha value is -2.12. The minimum absolute atomic E-state index is 0.106. The largest absolute Gasteiger partial charge is 0.481 e. The van der Waals surface area contributed by atoms with Crippen molar-refractivity contribution in [2.45, 2.75) is 53.1 Å². The van der Waals surface area contributed by atoms with Gasteiger partial charge in [-0.3, -0.25) is 4.79 Å². The zero-order valence-corrected chi connectivity index (χ0v) is 18.8. The van der Waals surface area contributed by atoms with Gasteiger partial charge in [0.15, 0.2) is 0 Å². The topological polar surface area (TPSA) is 70.3 Å². The van der Waals surface area contributed by atoms with Crippen LogP contribution in [0.2, 0.25) is 0 Å². The van der Waals surface area contributed by atoms with E-state index in [1.54, 1.807) is 0 Å². The van der Waals surface area contributed by atoms with Crippen molar-refractivity contribution >= 4 is 5.97 Å². The van der Waals surface area contributed by atoms with Crippen LogP contribution in [-0.2, 0) is 16.1 Å². The molecule has 0 saturated heterocycles. The lowest BCUT2D eigenvalue weighted by Gasteiger charge is -2.57. The first-order valence-corrected chi connectivity index (χ1v) is 11.8. The highest BCUT2D eigenvalue weighted by Gasteiger charge is 2.84. The first-order chi connectivity index (χ1) is 14.8. The number of allylic oxidation sites excluding steroid dienone is 1. The molecule has 4 heteroatoms. The third kappa shape index (κ3) is 2.36. The Morgan fingerprint density at radius 1 is 1.26 bits per heavy atom. The number of hydrogen-bond acceptors (Lipinski definition) is 3. The number of carboxylic acids is 1. The zero-order chi connectivity index (χ0) is 22.0. The van der Waals surface area contributed by atoms with Crippen molar-refractivity contribution in [3.63, 3.8) is 0 Å². The van der Waals surface area contributed by atoms with E-state index in [4.69, 9.17) is 4.74 Å². The van der Waals surface area contributed by atoms with Crippen molar-refractivity contribution < 1.29 is 14.6 Å². The number of nitriles is 1. The second kappa shape index (κ2) is 6.94. The number of ether oxygens (including phenoxy) is 1. The molecule has 7 atom stereocenters. The zero-order valence-electron chi connectivity index (χ0n) is 18.8. The monoisotopic (exact) mass is 419 g/mol. The highest BCUT2D eigenvalue weighted by Crippen LogP contribution is 2.83. The lowest BCUT2D eigenvalue weighted by atomic mass is 9.43. The SMILES string of the molecule is CC(C)C1=CC2CC3(C#N)C4CCC(C)C4CC2(COCc2ccccc2)C13C(=O)O. The summed E-state index contributed by atoms with van der Waals surface area (Å²) < 4.78 is 6.33. The summed E-state index contributed by atoms with van der Waals surface area (Å²) in [7, 11) is 0. The predicted molar refractivity (Wildman–Crippen MR) is 118 cm³/mol. The lowest BCUT2D eigenvalue weighted by molar-refractivity contribution is -0.179. The molecule has 3 saturated carbocycles. The molecule has 0 spiro atoms.